The lowest BCUT2D eigenvalue weighted by Crippen LogP contribution is -2.51. The van der Waals surface area contributed by atoms with Gasteiger partial charge in [0.25, 0.3) is 0 Å². The summed E-state index contributed by atoms with van der Waals surface area (Å²) in [6.07, 6.45) is 4.34. The van der Waals surface area contributed by atoms with Gasteiger partial charge in [0.1, 0.15) is 24.2 Å². The first kappa shape index (κ1) is 77.6. The van der Waals surface area contributed by atoms with Crippen molar-refractivity contribution in [3.63, 3.8) is 0 Å². The zero-order valence-corrected chi connectivity index (χ0v) is 55.8. The molecule has 0 spiro atoms. The number of carbonyl (C=O) groups excluding carboxylic acids is 7. The zero-order chi connectivity index (χ0) is 69.2. The Hall–Kier alpha value is -8.07. The van der Waals surface area contributed by atoms with Crippen LogP contribution in [0.5, 0.6) is 0 Å². The van der Waals surface area contributed by atoms with Gasteiger partial charge in [-0.05, 0) is 146 Å². The summed E-state index contributed by atoms with van der Waals surface area (Å²) in [5, 5.41) is 68.3. The lowest BCUT2D eigenvalue weighted by atomic mass is 9.81. The topological polar surface area (TPSA) is 429 Å². The van der Waals surface area contributed by atoms with E-state index < -0.39 is 90.6 Å². The molecule has 1 saturated carbocycles. The molecule has 2 aliphatic rings. The molecule has 0 unspecified atom stereocenters. The predicted octanol–water partition coefficient (Wildman–Crippen LogP) is 1.42. The highest BCUT2D eigenvalue weighted by Crippen LogP contribution is 2.29. The van der Waals surface area contributed by atoms with Gasteiger partial charge in [0.05, 0.1) is 26.2 Å². The normalized spacial score (nSPS) is 17.4. The number of benzene rings is 3. The Kier molecular flexibility index (Phi) is 34.1. The summed E-state index contributed by atoms with van der Waals surface area (Å²) >= 11 is 2.23. The minimum atomic E-state index is -1.56. The molecule has 3 aromatic rings. The molecule has 95 heavy (non-hydrogen) atoms. The number of nitrogens with zero attached hydrogens (tertiary/aromatic N) is 4. The maximum Gasteiger partial charge on any atom is 0.326 e. The fourth-order valence-corrected chi connectivity index (χ4v) is 11.8. The van der Waals surface area contributed by atoms with Crippen molar-refractivity contribution in [3.8, 4) is 0 Å². The third kappa shape index (κ3) is 30.9. The van der Waals surface area contributed by atoms with Crippen LogP contribution < -0.4 is 43.0 Å². The minimum absolute atomic E-state index is 0.00597. The van der Waals surface area contributed by atoms with Crippen LogP contribution in [0.1, 0.15) is 101 Å². The molecule has 8 amide bonds. The van der Waals surface area contributed by atoms with Crippen LogP contribution in [-0.2, 0) is 65.6 Å². The summed E-state index contributed by atoms with van der Waals surface area (Å²) in [7, 11) is 0. The number of hydrogen-bond donors (Lipinski definition) is 13. The standard InChI is InChI=1S/C65H93IN12O17/c66-49-22-17-43(18-23-49)8-7-13-55(80)71-50(11-3-5-26-68-56(81)40-76-30-34-77(41-58(84)85)32-28-75(39-54(67)79)29-33-78(35-31-76)42-59(86)87)61(89)70-38-44-14-20-47(21-15-44)60(88)72-53(37-45-16-19-46-9-1-2-10-48(46)36-45)62(90)69-27-6-4-12-51(63(91)92)73-65(95)74-52(64(93)94)24-25-57(82)83/h1-2,9-10,16-19,22-23,36,44,47,50-53H,3-8,11-15,20-21,24-35,37-42H2,(H2,67,79)(H,68,81)(H,69,90)(H,70,89)(H,71,80)(H,72,88)(H,82,83)(H,84,85)(H,86,87)(H,91,92)(H,93,94)(H2,73,74,95)/t44?,47?,50-,51+,52+,53+/m1/s1. The number of nitrogens with one attached hydrogen (secondary N) is 7. The molecule has 1 aliphatic carbocycles. The van der Waals surface area contributed by atoms with Gasteiger partial charge in [-0.25, -0.2) is 14.4 Å². The van der Waals surface area contributed by atoms with Crippen LogP contribution in [0.15, 0.2) is 66.7 Å². The average molecular weight is 1440 g/mol. The number of primary amides is 1. The second-order valence-electron chi connectivity index (χ2n) is 24.3. The van der Waals surface area contributed by atoms with Gasteiger partial charge in [-0.2, -0.15) is 0 Å². The van der Waals surface area contributed by atoms with Crippen LogP contribution >= 0.6 is 22.6 Å². The molecule has 5 rings (SSSR count). The molecule has 0 aromatic heterocycles. The predicted molar refractivity (Wildman–Crippen MR) is 357 cm³/mol. The first-order valence-corrected chi connectivity index (χ1v) is 33.5. The van der Waals surface area contributed by atoms with Crippen LogP contribution in [0.3, 0.4) is 0 Å². The van der Waals surface area contributed by atoms with E-state index in [1.54, 1.807) is 14.7 Å². The number of aliphatic carboxylic acids is 5. The number of rotatable bonds is 38. The molecule has 1 saturated heterocycles. The van der Waals surface area contributed by atoms with E-state index in [0.29, 0.717) is 90.6 Å². The van der Waals surface area contributed by atoms with Crippen LogP contribution in [0.2, 0.25) is 0 Å². The van der Waals surface area contributed by atoms with E-state index in [1.807, 2.05) is 71.6 Å². The van der Waals surface area contributed by atoms with E-state index in [-0.39, 0.29) is 127 Å². The van der Waals surface area contributed by atoms with Crippen molar-refractivity contribution in [2.24, 2.45) is 17.6 Å². The molecule has 3 aromatic carbocycles. The quantitative estimate of drug-likeness (QED) is 0.0285. The van der Waals surface area contributed by atoms with E-state index >= 15 is 0 Å². The fraction of sp³-hybridized carbons (Fsp3) is 0.569. The summed E-state index contributed by atoms with van der Waals surface area (Å²) in [4.78, 5) is 158. The molecule has 522 valence electrons. The van der Waals surface area contributed by atoms with E-state index in [4.69, 9.17) is 10.8 Å². The van der Waals surface area contributed by atoms with Crippen LogP contribution in [0.4, 0.5) is 4.79 Å². The summed E-state index contributed by atoms with van der Waals surface area (Å²) in [5.74, 6) is -8.95. The van der Waals surface area contributed by atoms with Crippen LogP contribution in [0.25, 0.3) is 10.8 Å². The van der Waals surface area contributed by atoms with Gasteiger partial charge in [-0.3, -0.25) is 62.8 Å². The highest BCUT2D eigenvalue weighted by atomic mass is 127. The van der Waals surface area contributed by atoms with E-state index in [1.165, 1.54) is 0 Å². The maximum absolute atomic E-state index is 14.0. The Bertz CT molecular complexity index is 3030. The van der Waals surface area contributed by atoms with Crippen LogP contribution in [0, 0.1) is 15.4 Å². The summed E-state index contributed by atoms with van der Waals surface area (Å²) in [6.45, 7) is 2.36. The molecule has 1 aliphatic heterocycles. The van der Waals surface area contributed by atoms with E-state index in [9.17, 15) is 78.0 Å². The number of urea groups is 1. The first-order valence-electron chi connectivity index (χ1n) is 32.4. The summed E-state index contributed by atoms with van der Waals surface area (Å²) in [6, 6.07) is 15.5. The van der Waals surface area contributed by atoms with Crippen molar-refractivity contribution >= 4 is 105 Å². The van der Waals surface area contributed by atoms with Gasteiger partial charge in [-0.15, -0.1) is 0 Å². The lowest BCUT2D eigenvalue weighted by molar-refractivity contribution is -0.141. The Labute approximate surface area is 565 Å². The van der Waals surface area contributed by atoms with Crippen LogP contribution in [-0.4, -0.2) is 239 Å². The third-order valence-corrected chi connectivity index (χ3v) is 17.5. The monoisotopic (exact) mass is 1440 g/mol. The third-order valence-electron chi connectivity index (χ3n) is 16.8. The first-order chi connectivity index (χ1) is 45.4. The molecular weight excluding hydrogens is 1350 g/mol. The number of nitrogens with two attached hydrogens (primary N) is 1. The minimum Gasteiger partial charge on any atom is -0.481 e. The number of carboxylic acids is 5. The molecule has 0 bridgehead atoms. The summed E-state index contributed by atoms with van der Waals surface area (Å²) < 4.78 is 1.09. The molecule has 4 atom stereocenters. The number of carboxylic acid groups (broad SMARTS) is 5. The molecule has 2 fully saturated rings. The molecule has 29 nitrogen and oxygen atoms in total. The SMILES string of the molecule is NC(=O)CN1CCN(CC(=O)O)CCN(CC(=O)NCCCC[C@@H](NC(=O)CCCc2ccc(I)cc2)C(=O)NCC2CCC(C(=O)N[C@@H](Cc3ccc4ccccc4c3)C(=O)NCCCC[C@H](NC(=O)N[C@@H](CCC(=O)O)C(=O)O)C(=O)O)CC2)CCN(CC(=O)O)CC1. The number of fused-ring (bicyclic) bond motifs is 1. The van der Waals surface area contributed by atoms with Gasteiger partial charge in [-0.1, -0.05) is 54.6 Å². The highest BCUT2D eigenvalue weighted by Gasteiger charge is 2.32. The second-order valence-corrected chi connectivity index (χ2v) is 25.6. The van der Waals surface area contributed by atoms with Gasteiger partial charge in [0.2, 0.25) is 35.4 Å². The number of unbranched alkanes of at least 4 members (excludes halogenated alkanes) is 2. The zero-order valence-electron chi connectivity index (χ0n) is 53.6. The van der Waals surface area contributed by atoms with Gasteiger partial charge >= 0.3 is 35.9 Å². The molecule has 1 heterocycles. The van der Waals surface area contributed by atoms with Crippen molar-refractivity contribution in [1.29, 1.82) is 0 Å². The van der Waals surface area contributed by atoms with Crippen molar-refractivity contribution in [1.82, 2.24) is 56.8 Å². The lowest BCUT2D eigenvalue weighted by Gasteiger charge is -2.33. The van der Waals surface area contributed by atoms with Crippen molar-refractivity contribution < 1.29 is 83.1 Å². The Morgan fingerprint density at radius 2 is 1.00 bits per heavy atom. The smallest absolute Gasteiger partial charge is 0.326 e. The highest BCUT2D eigenvalue weighted by molar-refractivity contribution is 14.1. The summed E-state index contributed by atoms with van der Waals surface area (Å²) in [5.41, 5.74) is 7.34. The largest absolute Gasteiger partial charge is 0.481 e. The average Bonchev–Trinajstić information content (AvgIpc) is 0.906. The second kappa shape index (κ2) is 41.7. The number of aryl methyl sites for hydroxylation is 1. The Morgan fingerprint density at radius 1 is 0.484 bits per heavy atom. The van der Waals surface area contributed by atoms with Crippen molar-refractivity contribution in [3.05, 3.63) is 81.4 Å². The Balaban J connectivity index is 1.14. The van der Waals surface area contributed by atoms with Gasteiger partial charge < -0.3 is 68.5 Å². The number of carbonyl (C=O) groups is 12. The number of amides is 8. The number of halogens is 1. The van der Waals surface area contributed by atoms with E-state index in [2.05, 4.69) is 59.8 Å². The number of hydrogen-bond acceptors (Lipinski definition) is 16. The molecule has 30 heteroatoms. The molecular formula is C65H93IN12O17. The molecule has 0 radical (unpaired) electrons. The van der Waals surface area contributed by atoms with Crippen molar-refractivity contribution in [2.45, 2.75) is 127 Å². The van der Waals surface area contributed by atoms with E-state index in [0.717, 1.165) is 25.5 Å². The van der Waals surface area contributed by atoms with Crippen molar-refractivity contribution in [2.75, 3.05) is 98.2 Å². The van der Waals surface area contributed by atoms with Gasteiger partial charge in [0, 0.05) is 101 Å². The Morgan fingerprint density at radius 3 is 1.56 bits per heavy atom. The maximum atomic E-state index is 14.0. The fourth-order valence-electron chi connectivity index (χ4n) is 11.5. The molecule has 14 N–H and O–H groups in total. The van der Waals surface area contributed by atoms with Gasteiger partial charge in [0.15, 0.2) is 0 Å².